The van der Waals surface area contributed by atoms with E-state index < -0.39 is 52.2 Å². The summed E-state index contributed by atoms with van der Waals surface area (Å²) < 4.78 is 97.5. The van der Waals surface area contributed by atoms with Crippen LogP contribution in [0.15, 0.2) is 18.2 Å². The second-order valence-electron chi connectivity index (χ2n) is 13.6. The zero-order valence-corrected chi connectivity index (χ0v) is 29.6. The second-order valence-corrected chi connectivity index (χ2v) is 14.7. The lowest BCUT2D eigenvalue weighted by Gasteiger charge is -2.32. The van der Waals surface area contributed by atoms with Gasteiger partial charge in [0.25, 0.3) is 0 Å². The highest BCUT2D eigenvalue weighted by Gasteiger charge is 2.50. The molecule has 4 aliphatic rings. The minimum Gasteiger partial charge on any atom is -0.461 e. The Morgan fingerprint density at radius 1 is 1.19 bits per heavy atom. The highest BCUT2D eigenvalue weighted by atomic mass is 32.1. The Bertz CT molecular complexity index is 2120. The lowest BCUT2D eigenvalue weighted by molar-refractivity contribution is -0.137. The van der Waals surface area contributed by atoms with E-state index in [1.807, 2.05) is 24.8 Å². The van der Waals surface area contributed by atoms with Gasteiger partial charge in [-0.25, -0.2) is 13.2 Å². The molecular weight excluding hydrogens is 708 g/mol. The summed E-state index contributed by atoms with van der Waals surface area (Å²) in [6.45, 7) is 5.49. The lowest BCUT2D eigenvalue weighted by atomic mass is 9.92. The van der Waals surface area contributed by atoms with Gasteiger partial charge in [-0.05, 0) is 49.9 Å². The topological polar surface area (TPSA) is 112 Å². The van der Waals surface area contributed by atoms with E-state index in [0.29, 0.717) is 37.3 Å². The molecular formula is C36H37F6N7O2S. The number of amides is 1. The van der Waals surface area contributed by atoms with E-state index in [1.165, 1.54) is 0 Å². The van der Waals surface area contributed by atoms with E-state index in [1.54, 1.807) is 16.8 Å². The number of hydrogen-bond donors (Lipinski definition) is 1. The number of benzene rings is 2. The molecule has 16 heteroatoms. The fraction of sp³-hybridized carbons (Fsp3) is 0.500. The number of likely N-dealkylation sites (N-methyl/N-ethyl adjacent to an activating group) is 1. The third-order valence-electron chi connectivity index (χ3n) is 10.9. The number of aromatic nitrogens is 2. The Hall–Kier alpha value is -4.36. The van der Waals surface area contributed by atoms with Crippen LogP contribution in [0, 0.1) is 23.0 Å². The largest absolute Gasteiger partial charge is 0.461 e. The summed E-state index contributed by atoms with van der Waals surface area (Å²) in [6, 6.07) is 3.48. The predicted octanol–water partition coefficient (Wildman–Crippen LogP) is 7.44. The molecule has 4 aromatic rings. The van der Waals surface area contributed by atoms with Gasteiger partial charge in [0.1, 0.15) is 41.0 Å². The van der Waals surface area contributed by atoms with Gasteiger partial charge in [0.2, 0.25) is 5.91 Å². The number of halogens is 6. The van der Waals surface area contributed by atoms with Crippen molar-refractivity contribution in [3.8, 4) is 23.2 Å². The molecule has 0 saturated carbocycles. The number of nitrogens with zero attached hydrogens (tertiary/aromatic N) is 6. The summed E-state index contributed by atoms with van der Waals surface area (Å²) in [5.74, 6) is -2.36. The number of carbonyl (C=O) groups is 1. The number of rotatable bonds is 6. The lowest BCUT2D eigenvalue weighted by Crippen LogP contribution is -2.43. The Balaban J connectivity index is 0.00000207. The number of carbonyl (C=O) groups excluding carboxylic acids is 1. The number of alkyl halides is 4. The van der Waals surface area contributed by atoms with Gasteiger partial charge < -0.3 is 20.3 Å². The smallest absolute Gasteiger partial charge is 0.417 e. The average molecular weight is 746 g/mol. The van der Waals surface area contributed by atoms with Gasteiger partial charge in [-0.15, -0.1) is 11.3 Å². The first kappa shape index (κ1) is 36.0. The zero-order valence-electron chi connectivity index (χ0n) is 28.8. The van der Waals surface area contributed by atoms with Crippen molar-refractivity contribution in [3.05, 3.63) is 41.0 Å². The zero-order chi connectivity index (χ0) is 37.3. The molecule has 4 fully saturated rings. The normalized spacial score (nSPS) is 24.3. The first-order valence-electron chi connectivity index (χ1n) is 17.4. The van der Waals surface area contributed by atoms with Gasteiger partial charge in [0.15, 0.2) is 5.82 Å². The van der Waals surface area contributed by atoms with Crippen molar-refractivity contribution in [3.63, 3.8) is 0 Å². The van der Waals surface area contributed by atoms with Gasteiger partial charge in [-0.3, -0.25) is 9.69 Å². The van der Waals surface area contributed by atoms with Crippen LogP contribution in [-0.4, -0.2) is 82.8 Å². The average Bonchev–Trinajstić information content (AvgIpc) is 3.92. The first-order chi connectivity index (χ1) is 24.8. The van der Waals surface area contributed by atoms with E-state index in [9.17, 15) is 18.8 Å². The Morgan fingerprint density at radius 2 is 1.96 bits per heavy atom. The summed E-state index contributed by atoms with van der Waals surface area (Å²) in [5, 5.41) is 9.19. The van der Waals surface area contributed by atoms with Crippen molar-refractivity contribution >= 4 is 49.1 Å². The molecule has 276 valence electrons. The highest BCUT2D eigenvalue weighted by Crippen LogP contribution is 2.49. The Morgan fingerprint density at radius 3 is 2.69 bits per heavy atom. The van der Waals surface area contributed by atoms with Crippen LogP contribution in [0.25, 0.3) is 32.1 Å². The van der Waals surface area contributed by atoms with Crippen LogP contribution in [0.3, 0.4) is 0 Å². The van der Waals surface area contributed by atoms with Crippen LogP contribution in [-0.2, 0) is 11.0 Å². The minimum absolute atomic E-state index is 0.0200. The van der Waals surface area contributed by atoms with E-state index >= 15 is 17.6 Å². The van der Waals surface area contributed by atoms with Crippen LogP contribution in [0.2, 0.25) is 0 Å². The van der Waals surface area contributed by atoms with Crippen molar-refractivity contribution in [1.29, 1.82) is 5.26 Å². The van der Waals surface area contributed by atoms with Crippen LogP contribution in [0.1, 0.15) is 63.5 Å². The molecule has 2 N–H and O–H groups in total. The quantitative estimate of drug-likeness (QED) is 0.203. The van der Waals surface area contributed by atoms with Crippen LogP contribution in [0.5, 0.6) is 6.01 Å². The standard InChI is InChI=1S/C34H31F6N7O2S.C2H6/c1-45(23-11-24(48)47-9-2-4-22(23)47)31-18-10-20(34(38,39)40)26(17-5-6-21(36)29-25(17)19(13-41)30(42)50-29)27(37)28(18)43-32(44-31)49-15-33-7-3-8-46(33)14-16(35)12-33;1-2/h5-6,10,16,22-23H,2-4,7-9,11-12,14-15,42H2,1H3;1-2H3. The van der Waals surface area contributed by atoms with Crippen LogP contribution >= 0.6 is 11.3 Å². The molecule has 1 amide bonds. The highest BCUT2D eigenvalue weighted by molar-refractivity contribution is 7.23. The number of hydrogen-bond acceptors (Lipinski definition) is 9. The molecule has 0 radical (unpaired) electrons. The molecule has 9 nitrogen and oxygen atoms in total. The Kier molecular flexibility index (Phi) is 9.17. The summed E-state index contributed by atoms with van der Waals surface area (Å²) in [6.07, 6.45) is -2.89. The predicted molar refractivity (Wildman–Crippen MR) is 186 cm³/mol. The summed E-state index contributed by atoms with van der Waals surface area (Å²) in [7, 11) is 1.60. The van der Waals surface area contributed by atoms with Gasteiger partial charge in [-0.1, -0.05) is 19.9 Å². The third-order valence-corrected chi connectivity index (χ3v) is 11.9. The van der Waals surface area contributed by atoms with Crippen molar-refractivity contribution in [2.75, 3.05) is 43.9 Å². The maximum atomic E-state index is 17.1. The summed E-state index contributed by atoms with van der Waals surface area (Å²) in [4.78, 5) is 27.1. The van der Waals surface area contributed by atoms with Crippen molar-refractivity contribution in [1.82, 2.24) is 19.8 Å². The number of nitriles is 1. The molecule has 0 bridgehead atoms. The Labute approximate surface area is 299 Å². The molecule has 2 aromatic carbocycles. The second kappa shape index (κ2) is 13.2. The molecule has 8 rings (SSSR count). The number of nitrogen functional groups attached to an aromatic ring is 1. The molecule has 4 atom stereocenters. The maximum absolute atomic E-state index is 17.1. The first-order valence-corrected chi connectivity index (χ1v) is 18.2. The maximum Gasteiger partial charge on any atom is 0.417 e. The fourth-order valence-electron chi connectivity index (χ4n) is 8.65. The fourth-order valence-corrected chi connectivity index (χ4v) is 9.60. The molecule has 4 aliphatic heterocycles. The number of nitrogens with two attached hydrogens (primary N) is 1. The molecule has 2 aromatic heterocycles. The van der Waals surface area contributed by atoms with E-state index in [2.05, 4.69) is 9.97 Å². The number of anilines is 2. The molecule has 0 spiro atoms. The number of ether oxygens (including phenoxy) is 1. The van der Waals surface area contributed by atoms with E-state index in [4.69, 9.17) is 10.5 Å². The molecule has 6 heterocycles. The molecule has 52 heavy (non-hydrogen) atoms. The van der Waals surface area contributed by atoms with Gasteiger partial charge in [-0.2, -0.15) is 28.4 Å². The SMILES string of the molecule is CC.CN(c1nc(OCC23CCCN2CC(F)C3)nc2c(F)c(-c3ccc(F)c4sc(N)c(C#N)c34)c(C(F)(F)F)cc12)C1CC(=O)N2CCCC12. The minimum atomic E-state index is -5.12. The van der Waals surface area contributed by atoms with Gasteiger partial charge in [0.05, 0.1) is 33.4 Å². The van der Waals surface area contributed by atoms with Gasteiger partial charge in [0, 0.05) is 49.3 Å². The van der Waals surface area contributed by atoms with Crippen molar-refractivity contribution < 1.29 is 35.9 Å². The molecule has 0 aliphatic carbocycles. The van der Waals surface area contributed by atoms with Crippen LogP contribution < -0.4 is 15.4 Å². The summed E-state index contributed by atoms with van der Waals surface area (Å²) >= 11 is 0.680. The molecule has 4 unspecified atom stereocenters. The number of thiophene rings is 1. The monoisotopic (exact) mass is 745 g/mol. The molecule has 4 saturated heterocycles. The third kappa shape index (κ3) is 5.67. The van der Waals surface area contributed by atoms with Gasteiger partial charge >= 0.3 is 12.2 Å². The van der Waals surface area contributed by atoms with E-state index in [-0.39, 0.29) is 81.4 Å². The number of fused-ring (bicyclic) bond motifs is 4. The van der Waals surface area contributed by atoms with Crippen molar-refractivity contribution in [2.45, 2.75) is 82.3 Å². The van der Waals surface area contributed by atoms with Crippen LogP contribution in [0.4, 0.5) is 37.2 Å². The van der Waals surface area contributed by atoms with E-state index in [0.717, 1.165) is 31.0 Å². The van der Waals surface area contributed by atoms with Crippen molar-refractivity contribution in [2.24, 2.45) is 0 Å². The summed E-state index contributed by atoms with van der Waals surface area (Å²) in [5.41, 5.74) is 1.87.